The molecule has 3 aromatic rings. The minimum absolute atomic E-state index is 0.110. The van der Waals surface area contributed by atoms with Crippen molar-refractivity contribution in [1.29, 1.82) is 0 Å². The number of aromatic nitrogens is 2. The SMILES string of the molecule is CS(=O)(=O)c1nc(C(=O)NC2CCCc3cc(N)ccc32)c2ccccn12. The van der Waals surface area contributed by atoms with Gasteiger partial charge in [0.05, 0.1) is 11.6 Å². The van der Waals surface area contributed by atoms with Crippen molar-refractivity contribution < 1.29 is 13.2 Å². The molecule has 8 heteroatoms. The number of anilines is 1. The number of fused-ring (bicyclic) bond motifs is 2. The fourth-order valence-corrected chi connectivity index (χ4v) is 4.42. The molecule has 0 saturated heterocycles. The molecule has 140 valence electrons. The summed E-state index contributed by atoms with van der Waals surface area (Å²) in [5.74, 6) is -0.386. The molecule has 27 heavy (non-hydrogen) atoms. The van der Waals surface area contributed by atoms with Crippen molar-refractivity contribution in [3.63, 3.8) is 0 Å². The summed E-state index contributed by atoms with van der Waals surface area (Å²) in [7, 11) is -3.57. The van der Waals surface area contributed by atoms with Crippen LogP contribution in [0.4, 0.5) is 5.69 Å². The Hall–Kier alpha value is -2.87. The summed E-state index contributed by atoms with van der Waals surface area (Å²) in [6.07, 6.45) is 5.36. The average molecular weight is 384 g/mol. The van der Waals surface area contributed by atoms with E-state index < -0.39 is 9.84 Å². The Balaban J connectivity index is 1.71. The van der Waals surface area contributed by atoms with Crippen LogP contribution in [0.15, 0.2) is 47.8 Å². The number of sulfone groups is 1. The van der Waals surface area contributed by atoms with Crippen LogP contribution in [0.5, 0.6) is 0 Å². The highest BCUT2D eigenvalue weighted by molar-refractivity contribution is 7.90. The van der Waals surface area contributed by atoms with Gasteiger partial charge in [-0.05, 0) is 54.7 Å². The monoisotopic (exact) mass is 384 g/mol. The number of carbonyl (C=O) groups is 1. The average Bonchev–Trinajstić information content (AvgIpc) is 3.02. The van der Waals surface area contributed by atoms with Gasteiger partial charge in [-0.1, -0.05) is 12.1 Å². The smallest absolute Gasteiger partial charge is 0.272 e. The molecule has 0 spiro atoms. The summed E-state index contributed by atoms with van der Waals surface area (Å²) < 4.78 is 25.5. The van der Waals surface area contributed by atoms with Crippen LogP contribution >= 0.6 is 0 Å². The summed E-state index contributed by atoms with van der Waals surface area (Å²) in [6, 6.07) is 10.7. The number of aryl methyl sites for hydroxylation is 1. The molecule has 0 radical (unpaired) electrons. The summed E-state index contributed by atoms with van der Waals surface area (Å²) in [5.41, 5.74) is 9.34. The van der Waals surface area contributed by atoms with Crippen molar-refractivity contribution in [3.05, 3.63) is 59.4 Å². The van der Waals surface area contributed by atoms with Gasteiger partial charge in [-0.25, -0.2) is 13.4 Å². The molecule has 1 amide bonds. The number of nitrogens with zero attached hydrogens (tertiary/aromatic N) is 2. The van der Waals surface area contributed by atoms with Crippen molar-refractivity contribution in [1.82, 2.24) is 14.7 Å². The first-order valence-corrected chi connectivity index (χ1v) is 10.6. The number of rotatable bonds is 3. The van der Waals surface area contributed by atoms with Gasteiger partial charge in [-0.3, -0.25) is 9.20 Å². The van der Waals surface area contributed by atoms with Crippen molar-refractivity contribution in [3.8, 4) is 0 Å². The minimum Gasteiger partial charge on any atom is -0.399 e. The fourth-order valence-electron chi connectivity index (χ4n) is 3.65. The molecule has 1 aliphatic rings. The van der Waals surface area contributed by atoms with Gasteiger partial charge in [0, 0.05) is 18.1 Å². The van der Waals surface area contributed by atoms with Crippen molar-refractivity contribution in [2.45, 2.75) is 30.5 Å². The Kier molecular flexibility index (Phi) is 4.15. The van der Waals surface area contributed by atoms with Crippen LogP contribution in [0.1, 0.15) is 40.5 Å². The van der Waals surface area contributed by atoms with Crippen LogP contribution < -0.4 is 11.1 Å². The predicted octanol–water partition coefficient (Wildman–Crippen LogP) is 2.13. The number of nitrogens with one attached hydrogen (secondary N) is 1. The largest absolute Gasteiger partial charge is 0.399 e. The highest BCUT2D eigenvalue weighted by Crippen LogP contribution is 2.31. The molecule has 4 rings (SSSR count). The Labute approximate surface area is 157 Å². The second-order valence-corrected chi connectivity index (χ2v) is 8.76. The highest BCUT2D eigenvalue weighted by Gasteiger charge is 2.26. The van der Waals surface area contributed by atoms with E-state index in [0.29, 0.717) is 11.2 Å². The van der Waals surface area contributed by atoms with Gasteiger partial charge >= 0.3 is 0 Å². The zero-order chi connectivity index (χ0) is 19.2. The molecule has 0 aliphatic heterocycles. The number of pyridine rings is 1. The van der Waals surface area contributed by atoms with Gasteiger partial charge in [0.1, 0.15) is 0 Å². The Morgan fingerprint density at radius 3 is 2.89 bits per heavy atom. The van der Waals surface area contributed by atoms with Crippen LogP contribution in [0.3, 0.4) is 0 Å². The second kappa shape index (κ2) is 6.38. The van der Waals surface area contributed by atoms with Gasteiger partial charge in [0.2, 0.25) is 15.0 Å². The summed E-state index contributed by atoms with van der Waals surface area (Å²) in [5, 5.41) is 2.88. The van der Waals surface area contributed by atoms with E-state index in [1.54, 1.807) is 24.4 Å². The fraction of sp³-hybridized carbons (Fsp3) is 0.263. The molecule has 1 aromatic carbocycles. The van der Waals surface area contributed by atoms with E-state index in [0.717, 1.165) is 36.6 Å². The number of benzene rings is 1. The maximum absolute atomic E-state index is 12.9. The lowest BCUT2D eigenvalue weighted by molar-refractivity contribution is 0.0929. The van der Waals surface area contributed by atoms with Crippen LogP contribution in [0, 0.1) is 0 Å². The zero-order valence-electron chi connectivity index (χ0n) is 14.8. The van der Waals surface area contributed by atoms with Gasteiger partial charge in [-0.2, -0.15) is 0 Å². The predicted molar refractivity (Wildman–Crippen MR) is 102 cm³/mol. The van der Waals surface area contributed by atoms with Crippen molar-refractivity contribution in [2.75, 3.05) is 12.0 Å². The van der Waals surface area contributed by atoms with Crippen molar-refractivity contribution in [2.24, 2.45) is 0 Å². The maximum atomic E-state index is 12.9. The first kappa shape index (κ1) is 17.5. The third-order valence-electron chi connectivity index (χ3n) is 4.85. The molecule has 3 N–H and O–H groups in total. The Bertz CT molecular complexity index is 1150. The van der Waals surface area contributed by atoms with Gasteiger partial charge in [-0.15, -0.1) is 0 Å². The first-order chi connectivity index (χ1) is 12.8. The normalized spacial score (nSPS) is 16.9. The quantitative estimate of drug-likeness (QED) is 0.673. The number of hydrogen-bond donors (Lipinski definition) is 2. The standard InChI is InChI=1S/C19H20N4O3S/c1-27(25,26)19-22-17(16-7-2-3-10-23(16)19)18(24)21-15-6-4-5-12-11-13(20)8-9-14(12)15/h2-3,7-11,15H,4-6,20H2,1H3,(H,21,24). The molecule has 0 fully saturated rings. The third-order valence-corrected chi connectivity index (χ3v) is 5.80. The van der Waals surface area contributed by atoms with Gasteiger partial charge in [0.25, 0.3) is 5.91 Å². The Morgan fingerprint density at radius 1 is 1.30 bits per heavy atom. The van der Waals surface area contributed by atoms with Crippen LogP contribution in [0.25, 0.3) is 5.52 Å². The van der Waals surface area contributed by atoms with E-state index in [1.807, 2.05) is 18.2 Å². The third kappa shape index (κ3) is 3.16. The van der Waals surface area contributed by atoms with E-state index >= 15 is 0 Å². The summed E-state index contributed by atoms with van der Waals surface area (Å²) in [4.78, 5) is 17.1. The lowest BCUT2D eigenvalue weighted by atomic mass is 9.87. The number of hydrogen-bond acceptors (Lipinski definition) is 5. The summed E-state index contributed by atoms with van der Waals surface area (Å²) in [6.45, 7) is 0. The van der Waals surface area contributed by atoms with Crippen molar-refractivity contribution >= 4 is 26.9 Å². The number of imidazole rings is 1. The number of nitrogens with two attached hydrogens (primary N) is 1. The lowest BCUT2D eigenvalue weighted by Gasteiger charge is -2.26. The molecule has 2 aromatic heterocycles. The number of amides is 1. The minimum atomic E-state index is -3.57. The molecule has 7 nitrogen and oxygen atoms in total. The number of nitrogen functional groups attached to an aromatic ring is 1. The molecule has 0 bridgehead atoms. The molecular formula is C19H20N4O3S. The van der Waals surface area contributed by atoms with E-state index in [4.69, 9.17) is 5.73 Å². The molecule has 1 aliphatic carbocycles. The first-order valence-electron chi connectivity index (χ1n) is 8.71. The molecule has 0 saturated carbocycles. The van der Waals surface area contributed by atoms with E-state index in [2.05, 4.69) is 10.3 Å². The van der Waals surface area contributed by atoms with Gasteiger partial charge in [0.15, 0.2) is 5.69 Å². The van der Waals surface area contributed by atoms with E-state index in [9.17, 15) is 13.2 Å². The topological polar surface area (TPSA) is 107 Å². The van der Waals surface area contributed by atoms with E-state index in [-0.39, 0.29) is 22.8 Å². The lowest BCUT2D eigenvalue weighted by Crippen LogP contribution is -2.31. The Morgan fingerprint density at radius 2 is 2.11 bits per heavy atom. The highest BCUT2D eigenvalue weighted by atomic mass is 32.2. The zero-order valence-corrected chi connectivity index (χ0v) is 15.7. The summed E-state index contributed by atoms with van der Waals surface area (Å²) >= 11 is 0. The number of carbonyl (C=O) groups excluding carboxylic acids is 1. The molecule has 1 atom stereocenters. The van der Waals surface area contributed by atoms with Crippen LogP contribution in [-0.4, -0.2) is 30.0 Å². The maximum Gasteiger partial charge on any atom is 0.272 e. The van der Waals surface area contributed by atoms with E-state index in [1.165, 1.54) is 4.40 Å². The van der Waals surface area contributed by atoms with Crippen LogP contribution in [0.2, 0.25) is 0 Å². The molecular weight excluding hydrogens is 364 g/mol. The van der Waals surface area contributed by atoms with Gasteiger partial charge < -0.3 is 11.1 Å². The molecule has 2 heterocycles. The second-order valence-electron chi connectivity index (χ2n) is 6.85. The molecule has 1 unspecified atom stereocenters. The van der Waals surface area contributed by atoms with Crippen LogP contribution in [-0.2, 0) is 16.3 Å².